The Morgan fingerprint density at radius 1 is 1.42 bits per heavy atom. The zero-order valence-electron chi connectivity index (χ0n) is 10.3. The first-order valence-electron chi connectivity index (χ1n) is 5.95. The van der Waals surface area contributed by atoms with Crippen LogP contribution in [-0.4, -0.2) is 25.4 Å². The number of aromatic nitrogens is 1. The van der Waals surface area contributed by atoms with E-state index in [4.69, 9.17) is 12.6 Å². The molecule has 92 valence electrons. The fraction of sp³-hybridized carbons (Fsp3) is 0.143. The lowest BCUT2D eigenvalue weighted by Crippen LogP contribution is -2.14. The molecule has 0 aliphatic carbocycles. The number of ether oxygens (including phenoxy) is 1. The van der Waals surface area contributed by atoms with Gasteiger partial charge in [-0.05, 0) is 30.5 Å². The Balaban J connectivity index is 2.32. The van der Waals surface area contributed by atoms with Gasteiger partial charge in [-0.2, -0.15) is 0 Å². The van der Waals surface area contributed by atoms with Gasteiger partial charge in [0.15, 0.2) is 0 Å². The molecule has 0 spiro atoms. The maximum Gasteiger partial charge on any atom is 0.347 e. The molecule has 0 saturated carbocycles. The molecule has 3 rings (SSSR count). The van der Waals surface area contributed by atoms with Gasteiger partial charge in [-0.25, -0.2) is 4.79 Å². The molecule has 2 aromatic heterocycles. The van der Waals surface area contributed by atoms with E-state index in [1.165, 1.54) is 11.3 Å². The summed E-state index contributed by atoms with van der Waals surface area (Å²) in [5, 5.41) is 1.85. The molecule has 0 aliphatic rings. The lowest BCUT2D eigenvalue weighted by atomic mass is 9.90. The van der Waals surface area contributed by atoms with E-state index in [9.17, 15) is 4.79 Å². The van der Waals surface area contributed by atoms with Gasteiger partial charge in [0.1, 0.15) is 12.7 Å². The quantitative estimate of drug-likeness (QED) is 0.528. The molecular formula is C14H10BNO2S. The van der Waals surface area contributed by atoms with Crippen LogP contribution in [-0.2, 0) is 4.74 Å². The second-order valence-electron chi connectivity index (χ2n) is 4.07. The number of pyridine rings is 1. The zero-order chi connectivity index (χ0) is 13.4. The van der Waals surface area contributed by atoms with Crippen LogP contribution in [0.3, 0.4) is 0 Å². The minimum atomic E-state index is -0.363. The summed E-state index contributed by atoms with van der Waals surface area (Å²) in [7, 11) is 6.12. The number of hydrogen-bond donors (Lipinski definition) is 0. The molecule has 2 heterocycles. The fourth-order valence-electron chi connectivity index (χ4n) is 2.12. The van der Waals surface area contributed by atoms with Crippen LogP contribution in [0.1, 0.15) is 16.6 Å². The molecule has 1 aromatic carbocycles. The topological polar surface area (TPSA) is 39.2 Å². The Labute approximate surface area is 115 Å². The zero-order valence-corrected chi connectivity index (χ0v) is 11.2. The third-order valence-corrected chi connectivity index (χ3v) is 4.08. The van der Waals surface area contributed by atoms with Gasteiger partial charge in [0, 0.05) is 16.3 Å². The number of benzene rings is 1. The van der Waals surface area contributed by atoms with Crippen molar-refractivity contribution in [1.29, 1.82) is 0 Å². The number of nitrogens with zero attached hydrogens (tertiary/aromatic N) is 1. The first kappa shape index (κ1) is 12.2. The first-order chi connectivity index (χ1) is 9.22. The molecule has 0 saturated heterocycles. The Bertz CT molecular complexity index is 782. The minimum absolute atomic E-state index is 0.342. The summed E-state index contributed by atoms with van der Waals surface area (Å²) < 4.78 is 6.00. The standard InChI is InChI=1S/C14H10BNO2S/c1-2-18-14(17)13-12(15)11-8-4-3-7-16-9(8)5-6-10(11)19-13/h3-7H,2H2,1H3. The van der Waals surface area contributed by atoms with Crippen molar-refractivity contribution >= 4 is 51.6 Å². The Morgan fingerprint density at radius 2 is 2.26 bits per heavy atom. The monoisotopic (exact) mass is 267 g/mol. The van der Waals surface area contributed by atoms with Crippen LogP contribution in [0, 0.1) is 0 Å². The largest absolute Gasteiger partial charge is 0.462 e. The normalized spacial score (nSPS) is 11.0. The Morgan fingerprint density at radius 3 is 3.05 bits per heavy atom. The molecule has 3 aromatic rings. The van der Waals surface area contributed by atoms with E-state index < -0.39 is 0 Å². The van der Waals surface area contributed by atoms with Crippen LogP contribution in [0.2, 0.25) is 0 Å². The average molecular weight is 267 g/mol. The minimum Gasteiger partial charge on any atom is -0.462 e. The summed E-state index contributed by atoms with van der Waals surface area (Å²) in [5.41, 5.74) is 1.35. The Hall–Kier alpha value is -1.88. The average Bonchev–Trinajstić information content (AvgIpc) is 2.77. The molecule has 19 heavy (non-hydrogen) atoms. The van der Waals surface area contributed by atoms with Gasteiger partial charge < -0.3 is 4.74 Å². The third-order valence-electron chi connectivity index (χ3n) is 2.93. The smallest absolute Gasteiger partial charge is 0.347 e. The van der Waals surface area contributed by atoms with Crippen LogP contribution < -0.4 is 5.46 Å². The van der Waals surface area contributed by atoms with E-state index in [0.29, 0.717) is 16.9 Å². The number of esters is 1. The molecule has 0 bridgehead atoms. The van der Waals surface area contributed by atoms with Crippen LogP contribution >= 0.6 is 11.3 Å². The van der Waals surface area contributed by atoms with Crippen molar-refractivity contribution < 1.29 is 9.53 Å². The van der Waals surface area contributed by atoms with Gasteiger partial charge in [0.25, 0.3) is 0 Å². The maximum atomic E-state index is 11.9. The number of rotatable bonds is 2. The van der Waals surface area contributed by atoms with Crippen molar-refractivity contribution in [2.75, 3.05) is 6.61 Å². The lowest BCUT2D eigenvalue weighted by Gasteiger charge is -2.01. The summed E-state index contributed by atoms with van der Waals surface area (Å²) in [6.45, 7) is 2.12. The summed E-state index contributed by atoms with van der Waals surface area (Å²) in [6, 6.07) is 7.70. The highest BCUT2D eigenvalue weighted by Gasteiger charge is 2.17. The second-order valence-corrected chi connectivity index (χ2v) is 5.13. The molecular weight excluding hydrogens is 257 g/mol. The third kappa shape index (κ3) is 1.90. The van der Waals surface area contributed by atoms with Crippen LogP contribution in [0.5, 0.6) is 0 Å². The van der Waals surface area contributed by atoms with Crippen LogP contribution in [0.4, 0.5) is 0 Å². The van der Waals surface area contributed by atoms with Crippen LogP contribution in [0.25, 0.3) is 21.0 Å². The number of thiophene rings is 1. The summed E-state index contributed by atoms with van der Waals surface area (Å²) in [5.74, 6) is -0.363. The molecule has 0 atom stereocenters. The molecule has 0 amide bonds. The number of carbonyl (C=O) groups excluding carboxylic acids is 1. The van der Waals surface area contributed by atoms with E-state index in [0.717, 1.165) is 21.0 Å². The molecule has 5 heteroatoms. The lowest BCUT2D eigenvalue weighted by molar-refractivity contribution is 0.0533. The Kier molecular flexibility index (Phi) is 2.99. The van der Waals surface area contributed by atoms with E-state index in [1.807, 2.05) is 24.3 Å². The summed E-state index contributed by atoms with van der Waals surface area (Å²) >= 11 is 1.36. The van der Waals surface area contributed by atoms with Crippen molar-refractivity contribution in [1.82, 2.24) is 4.98 Å². The van der Waals surface area contributed by atoms with Crippen molar-refractivity contribution in [2.45, 2.75) is 6.92 Å². The molecule has 0 unspecified atom stereocenters. The highest BCUT2D eigenvalue weighted by molar-refractivity contribution is 7.22. The predicted molar refractivity (Wildman–Crippen MR) is 78.5 cm³/mol. The summed E-state index contributed by atoms with van der Waals surface area (Å²) in [4.78, 5) is 16.6. The van der Waals surface area contributed by atoms with Crippen molar-refractivity contribution in [3.63, 3.8) is 0 Å². The molecule has 3 nitrogen and oxygen atoms in total. The first-order valence-corrected chi connectivity index (χ1v) is 6.77. The molecule has 0 N–H and O–H groups in total. The number of fused-ring (bicyclic) bond motifs is 3. The maximum absolute atomic E-state index is 11.9. The van der Waals surface area contributed by atoms with E-state index in [2.05, 4.69) is 4.98 Å². The van der Waals surface area contributed by atoms with Gasteiger partial charge >= 0.3 is 5.97 Å². The van der Waals surface area contributed by atoms with Crippen LogP contribution in [0.15, 0.2) is 30.5 Å². The van der Waals surface area contributed by atoms with E-state index in [-0.39, 0.29) is 5.97 Å². The number of hydrogen-bond acceptors (Lipinski definition) is 4. The highest BCUT2D eigenvalue weighted by Crippen LogP contribution is 2.29. The summed E-state index contributed by atoms with van der Waals surface area (Å²) in [6.07, 6.45) is 1.74. The van der Waals surface area contributed by atoms with Gasteiger partial charge in [-0.3, -0.25) is 4.98 Å². The fourth-order valence-corrected chi connectivity index (χ4v) is 3.15. The van der Waals surface area contributed by atoms with Crippen molar-refractivity contribution in [3.8, 4) is 0 Å². The molecule has 0 fully saturated rings. The van der Waals surface area contributed by atoms with Crippen molar-refractivity contribution in [2.24, 2.45) is 0 Å². The molecule has 0 aliphatic heterocycles. The van der Waals surface area contributed by atoms with E-state index >= 15 is 0 Å². The second kappa shape index (κ2) is 4.66. The van der Waals surface area contributed by atoms with Gasteiger partial charge in [0.2, 0.25) is 0 Å². The van der Waals surface area contributed by atoms with E-state index in [1.54, 1.807) is 13.1 Å². The van der Waals surface area contributed by atoms with Gasteiger partial charge in [-0.15, -0.1) is 11.3 Å². The van der Waals surface area contributed by atoms with Crippen molar-refractivity contribution in [3.05, 3.63) is 35.3 Å². The highest BCUT2D eigenvalue weighted by atomic mass is 32.1. The number of carbonyl (C=O) groups is 1. The predicted octanol–water partition coefficient (Wildman–Crippen LogP) is 2.42. The van der Waals surface area contributed by atoms with Gasteiger partial charge in [0.05, 0.1) is 12.1 Å². The van der Waals surface area contributed by atoms with Gasteiger partial charge in [-0.1, -0.05) is 11.5 Å². The SMILES string of the molecule is [B]c1c(C(=O)OCC)sc2ccc3ncccc3c12. The molecule has 2 radical (unpaired) electrons.